The zero-order valence-corrected chi connectivity index (χ0v) is 16.3. The molecule has 5 nitrogen and oxygen atoms in total. The van der Waals surface area contributed by atoms with Gasteiger partial charge in [-0.05, 0) is 69.8 Å². The first kappa shape index (κ1) is 18.9. The second-order valence-corrected chi connectivity index (χ2v) is 8.26. The van der Waals surface area contributed by atoms with Crippen LogP contribution < -0.4 is 10.6 Å². The number of piperidine rings is 1. The number of aromatic nitrogens is 1. The summed E-state index contributed by atoms with van der Waals surface area (Å²) in [6.07, 6.45) is 3.36. The number of rotatable bonds is 3. The van der Waals surface area contributed by atoms with E-state index < -0.39 is 5.60 Å². The van der Waals surface area contributed by atoms with Crippen molar-refractivity contribution in [3.05, 3.63) is 41.0 Å². The van der Waals surface area contributed by atoms with E-state index in [1.54, 1.807) is 6.20 Å². The Hall–Kier alpha value is -1.85. The maximum Gasteiger partial charge on any atom is 0.407 e. The van der Waals surface area contributed by atoms with E-state index in [0.29, 0.717) is 12.5 Å². The largest absolute Gasteiger partial charge is 0.444 e. The van der Waals surface area contributed by atoms with Crippen LogP contribution in [-0.4, -0.2) is 29.8 Å². The molecule has 26 heavy (non-hydrogen) atoms. The molecule has 0 spiro atoms. The normalized spacial score (nSPS) is 20.8. The monoisotopic (exact) mass is 375 g/mol. The molecule has 2 heterocycles. The summed E-state index contributed by atoms with van der Waals surface area (Å²) >= 11 is 6.31. The number of benzene rings is 1. The lowest BCUT2D eigenvalue weighted by molar-refractivity contribution is 0.0514. The van der Waals surface area contributed by atoms with Crippen LogP contribution in [-0.2, 0) is 4.74 Å². The highest BCUT2D eigenvalue weighted by Gasteiger charge is 2.24. The summed E-state index contributed by atoms with van der Waals surface area (Å²) in [4.78, 5) is 16.2. The fraction of sp³-hybridized carbons (Fsp3) is 0.500. The summed E-state index contributed by atoms with van der Waals surface area (Å²) < 4.78 is 5.31. The Kier molecular flexibility index (Phi) is 5.68. The summed E-state index contributed by atoms with van der Waals surface area (Å²) in [5, 5.41) is 8.16. The predicted octanol–water partition coefficient (Wildman–Crippen LogP) is 4.45. The predicted molar refractivity (Wildman–Crippen MR) is 104 cm³/mol. The lowest BCUT2D eigenvalue weighted by atomic mass is 9.88. The van der Waals surface area contributed by atoms with Crippen molar-refractivity contribution >= 4 is 28.6 Å². The smallest absolute Gasteiger partial charge is 0.407 e. The van der Waals surface area contributed by atoms with Crippen molar-refractivity contribution in [1.82, 2.24) is 15.6 Å². The van der Waals surface area contributed by atoms with Gasteiger partial charge in [-0.3, -0.25) is 4.98 Å². The molecule has 1 aliphatic rings. The molecule has 1 fully saturated rings. The number of fused-ring (bicyclic) bond motifs is 1. The highest BCUT2D eigenvalue weighted by Crippen LogP contribution is 2.30. The number of alkyl carbamates (subject to hydrolysis) is 1. The van der Waals surface area contributed by atoms with Gasteiger partial charge in [-0.15, -0.1) is 0 Å². The van der Waals surface area contributed by atoms with Crippen LogP contribution in [0.3, 0.4) is 0 Å². The molecule has 2 unspecified atom stereocenters. The number of carbonyl (C=O) groups excluding carboxylic acids is 1. The van der Waals surface area contributed by atoms with Gasteiger partial charge in [-0.25, -0.2) is 4.79 Å². The maximum atomic E-state index is 11.9. The number of halogens is 1. The minimum atomic E-state index is -0.473. The van der Waals surface area contributed by atoms with E-state index in [0.717, 1.165) is 35.3 Å². The number of nitrogens with one attached hydrogen (secondary N) is 2. The maximum absolute atomic E-state index is 11.9. The average Bonchev–Trinajstić information content (AvgIpc) is 2.59. The first-order valence-electron chi connectivity index (χ1n) is 9.06. The molecule has 6 heteroatoms. The minimum absolute atomic E-state index is 0.245. The Morgan fingerprint density at radius 3 is 2.96 bits per heavy atom. The summed E-state index contributed by atoms with van der Waals surface area (Å²) in [5.74, 6) is 0.411. The molecule has 140 valence electrons. The van der Waals surface area contributed by atoms with Crippen LogP contribution in [0.5, 0.6) is 0 Å². The van der Waals surface area contributed by atoms with Crippen LogP contribution >= 0.6 is 11.6 Å². The molecule has 0 radical (unpaired) electrons. The van der Waals surface area contributed by atoms with Gasteiger partial charge < -0.3 is 15.4 Å². The molecule has 0 bridgehead atoms. The first-order valence-corrected chi connectivity index (χ1v) is 9.44. The van der Waals surface area contributed by atoms with Crippen molar-refractivity contribution < 1.29 is 9.53 Å². The number of hydrogen-bond donors (Lipinski definition) is 2. The van der Waals surface area contributed by atoms with Gasteiger partial charge in [0.2, 0.25) is 0 Å². The topological polar surface area (TPSA) is 63.2 Å². The number of ether oxygens (including phenoxy) is 1. The number of pyridine rings is 1. The molecule has 1 aliphatic heterocycles. The van der Waals surface area contributed by atoms with Gasteiger partial charge in [0.15, 0.2) is 0 Å². The van der Waals surface area contributed by atoms with Crippen LogP contribution in [0.25, 0.3) is 10.9 Å². The van der Waals surface area contributed by atoms with Gasteiger partial charge in [0.1, 0.15) is 5.60 Å². The zero-order valence-electron chi connectivity index (χ0n) is 15.5. The van der Waals surface area contributed by atoms with Gasteiger partial charge >= 0.3 is 6.09 Å². The SMILES string of the molecule is CC(C)(C)OC(=O)NCC1CCNC(c2ccc3nccc(Cl)c3c2)C1. The van der Waals surface area contributed by atoms with Crippen molar-refractivity contribution in [1.29, 1.82) is 0 Å². The van der Waals surface area contributed by atoms with E-state index in [2.05, 4.69) is 27.8 Å². The van der Waals surface area contributed by atoms with E-state index in [-0.39, 0.29) is 12.1 Å². The third kappa shape index (κ3) is 4.86. The number of hydrogen-bond acceptors (Lipinski definition) is 4. The zero-order chi connectivity index (χ0) is 18.7. The molecule has 2 atom stereocenters. The van der Waals surface area contributed by atoms with Crippen LogP contribution in [0.4, 0.5) is 4.79 Å². The van der Waals surface area contributed by atoms with E-state index in [1.165, 1.54) is 5.56 Å². The molecule has 1 aromatic heterocycles. The number of amides is 1. The van der Waals surface area contributed by atoms with Crippen molar-refractivity contribution in [3.8, 4) is 0 Å². The summed E-state index contributed by atoms with van der Waals surface area (Å²) in [6.45, 7) is 7.15. The molecule has 0 saturated carbocycles. The molecule has 0 aliphatic carbocycles. The molecule has 2 aromatic rings. The highest BCUT2D eigenvalue weighted by atomic mass is 35.5. The highest BCUT2D eigenvalue weighted by molar-refractivity contribution is 6.35. The molecule has 1 saturated heterocycles. The molecule has 2 N–H and O–H groups in total. The average molecular weight is 376 g/mol. The Balaban J connectivity index is 1.63. The first-order chi connectivity index (χ1) is 12.3. The van der Waals surface area contributed by atoms with Crippen molar-refractivity contribution in [2.45, 2.75) is 45.3 Å². The van der Waals surface area contributed by atoms with Gasteiger partial charge in [0, 0.05) is 24.2 Å². The van der Waals surface area contributed by atoms with Gasteiger partial charge in [-0.1, -0.05) is 17.7 Å². The van der Waals surface area contributed by atoms with Crippen LogP contribution in [0.2, 0.25) is 5.02 Å². The van der Waals surface area contributed by atoms with Gasteiger partial charge in [0.05, 0.1) is 10.5 Å². The Morgan fingerprint density at radius 2 is 2.19 bits per heavy atom. The quantitative estimate of drug-likeness (QED) is 0.831. The van der Waals surface area contributed by atoms with Crippen LogP contribution in [0.15, 0.2) is 30.5 Å². The molecular formula is C20H26ClN3O2. The molecule has 3 rings (SSSR count). The van der Waals surface area contributed by atoms with Crippen molar-refractivity contribution in [2.24, 2.45) is 5.92 Å². The van der Waals surface area contributed by atoms with E-state index in [9.17, 15) is 4.79 Å². The standard InChI is InChI=1S/C20H26ClN3O2/c1-20(2,3)26-19(25)24-12-13-6-8-23-18(10-13)14-4-5-17-15(11-14)16(21)7-9-22-17/h4-5,7,9,11,13,18,23H,6,8,10,12H2,1-3H3,(H,24,25). The lowest BCUT2D eigenvalue weighted by Crippen LogP contribution is -2.39. The van der Waals surface area contributed by atoms with Crippen molar-refractivity contribution in [3.63, 3.8) is 0 Å². The van der Waals surface area contributed by atoms with Gasteiger partial charge in [0.25, 0.3) is 0 Å². The third-order valence-electron chi connectivity index (χ3n) is 4.56. The molecule has 1 amide bonds. The third-order valence-corrected chi connectivity index (χ3v) is 4.89. The van der Waals surface area contributed by atoms with E-state index in [4.69, 9.17) is 16.3 Å². The van der Waals surface area contributed by atoms with E-state index >= 15 is 0 Å². The second kappa shape index (κ2) is 7.80. The summed E-state index contributed by atoms with van der Waals surface area (Å²) in [6, 6.07) is 8.30. The molecule has 1 aromatic carbocycles. The fourth-order valence-electron chi connectivity index (χ4n) is 3.32. The number of carbonyl (C=O) groups is 1. The second-order valence-electron chi connectivity index (χ2n) is 7.85. The lowest BCUT2D eigenvalue weighted by Gasteiger charge is -2.31. The Bertz CT molecular complexity index is 788. The van der Waals surface area contributed by atoms with Crippen molar-refractivity contribution in [2.75, 3.05) is 13.1 Å². The molecular weight excluding hydrogens is 350 g/mol. The fourth-order valence-corrected chi connectivity index (χ4v) is 3.53. The van der Waals surface area contributed by atoms with Gasteiger partial charge in [-0.2, -0.15) is 0 Å². The Labute approximate surface area is 159 Å². The number of nitrogens with zero attached hydrogens (tertiary/aromatic N) is 1. The van der Waals surface area contributed by atoms with Crippen LogP contribution in [0, 0.1) is 5.92 Å². The summed E-state index contributed by atoms with van der Waals surface area (Å²) in [7, 11) is 0. The van der Waals surface area contributed by atoms with E-state index in [1.807, 2.05) is 32.9 Å². The Morgan fingerprint density at radius 1 is 1.38 bits per heavy atom. The summed E-state index contributed by atoms with van der Waals surface area (Å²) in [5.41, 5.74) is 1.63. The van der Waals surface area contributed by atoms with Crippen LogP contribution in [0.1, 0.15) is 45.2 Å². The minimum Gasteiger partial charge on any atom is -0.444 e.